The summed E-state index contributed by atoms with van der Waals surface area (Å²) in [5, 5.41) is 26.4. The lowest BCUT2D eigenvalue weighted by Gasteiger charge is -1.99. The third-order valence-electron chi connectivity index (χ3n) is 1.43. The van der Waals surface area contributed by atoms with Crippen molar-refractivity contribution < 1.29 is 10.1 Å². The summed E-state index contributed by atoms with van der Waals surface area (Å²) in [5.41, 5.74) is -0.0294. The Labute approximate surface area is 67.3 Å². The van der Waals surface area contributed by atoms with E-state index >= 15 is 0 Å². The van der Waals surface area contributed by atoms with Crippen LogP contribution in [0.1, 0.15) is 5.56 Å². The van der Waals surface area contributed by atoms with E-state index in [-0.39, 0.29) is 11.2 Å². The maximum absolute atomic E-state index is 10.2. The van der Waals surface area contributed by atoms with Gasteiger partial charge in [0.05, 0.1) is 4.92 Å². The Kier molecular flexibility index (Phi) is 1.82. The lowest BCUT2D eigenvalue weighted by molar-refractivity contribution is -0.385. The predicted molar refractivity (Wildman–Crippen MR) is 38.9 cm³/mol. The van der Waals surface area contributed by atoms with Crippen LogP contribution in [0.15, 0.2) is 12.3 Å². The van der Waals surface area contributed by atoms with E-state index in [2.05, 4.69) is 0 Å². The van der Waals surface area contributed by atoms with E-state index in [0.717, 1.165) is 6.20 Å². The van der Waals surface area contributed by atoms with Crippen molar-refractivity contribution in [3.63, 3.8) is 0 Å². The highest BCUT2D eigenvalue weighted by molar-refractivity contribution is 5.28. The van der Waals surface area contributed by atoms with Crippen LogP contribution >= 0.6 is 0 Å². The highest BCUT2D eigenvalue weighted by atomic mass is 16.6. The highest BCUT2D eigenvalue weighted by Crippen LogP contribution is 2.07. The number of pyridine rings is 1. The molecule has 0 unspecified atom stereocenters. The van der Waals surface area contributed by atoms with E-state index < -0.39 is 4.92 Å². The fourth-order valence-electron chi connectivity index (χ4n) is 0.798. The predicted octanol–water partition coefficient (Wildman–Crippen LogP) is 0.421. The number of aromatic nitrogens is 1. The van der Waals surface area contributed by atoms with Gasteiger partial charge in [0, 0.05) is 11.6 Å². The Morgan fingerprint density at radius 3 is 2.75 bits per heavy atom. The molecule has 0 bridgehead atoms. The summed E-state index contributed by atoms with van der Waals surface area (Å²) >= 11 is 0. The Hall–Kier alpha value is -1.85. The van der Waals surface area contributed by atoms with E-state index in [9.17, 15) is 10.1 Å². The van der Waals surface area contributed by atoms with Crippen molar-refractivity contribution >= 4 is 5.69 Å². The summed E-state index contributed by atoms with van der Waals surface area (Å²) in [6, 6.07) is 1.23. The molecular weight excluding hydrogens is 162 g/mol. The standard InChI is InChI=1S/C6H7N3O3/c1-4-2-5(9(11)12)3-8(10)6(4)7/h2-3,7,10H,1H3. The molecule has 0 aliphatic rings. The van der Waals surface area contributed by atoms with E-state index in [4.69, 9.17) is 10.6 Å². The molecule has 0 amide bonds. The minimum atomic E-state index is -0.626. The number of hydrogen-bond donors (Lipinski definition) is 2. The van der Waals surface area contributed by atoms with Crippen LogP contribution in [0.3, 0.4) is 0 Å². The van der Waals surface area contributed by atoms with Crippen molar-refractivity contribution in [2.75, 3.05) is 0 Å². The third kappa shape index (κ3) is 1.26. The van der Waals surface area contributed by atoms with Crippen molar-refractivity contribution in [2.24, 2.45) is 0 Å². The van der Waals surface area contributed by atoms with Gasteiger partial charge in [-0.3, -0.25) is 15.5 Å². The lowest BCUT2D eigenvalue weighted by atomic mass is 10.3. The first-order chi connectivity index (χ1) is 5.52. The van der Waals surface area contributed by atoms with Crippen LogP contribution < -0.4 is 5.49 Å². The van der Waals surface area contributed by atoms with Crippen LogP contribution in [0.4, 0.5) is 5.69 Å². The molecule has 0 aliphatic heterocycles. The number of aryl methyl sites for hydroxylation is 1. The van der Waals surface area contributed by atoms with Gasteiger partial charge in [0.15, 0.2) is 5.49 Å². The molecule has 6 heteroatoms. The Morgan fingerprint density at radius 1 is 1.75 bits per heavy atom. The summed E-state index contributed by atoms with van der Waals surface area (Å²) in [5.74, 6) is 0. The third-order valence-corrected chi connectivity index (χ3v) is 1.43. The van der Waals surface area contributed by atoms with Crippen LogP contribution in [-0.4, -0.2) is 14.9 Å². The summed E-state index contributed by atoms with van der Waals surface area (Å²) in [6.45, 7) is 1.52. The normalized spacial score (nSPS) is 9.75. The van der Waals surface area contributed by atoms with Crippen LogP contribution in [0.25, 0.3) is 0 Å². The van der Waals surface area contributed by atoms with Crippen LogP contribution in [0.5, 0.6) is 0 Å². The molecule has 1 heterocycles. The van der Waals surface area contributed by atoms with Crippen LogP contribution in [-0.2, 0) is 0 Å². The molecule has 1 rings (SSSR count). The molecule has 0 atom stereocenters. The highest BCUT2D eigenvalue weighted by Gasteiger charge is 2.08. The van der Waals surface area contributed by atoms with Crippen molar-refractivity contribution in [2.45, 2.75) is 6.92 Å². The molecular formula is C6H7N3O3. The number of nitrogens with one attached hydrogen (secondary N) is 1. The van der Waals surface area contributed by atoms with E-state index in [0.29, 0.717) is 10.3 Å². The number of rotatable bonds is 1. The smallest absolute Gasteiger partial charge is 0.289 e. The molecule has 0 saturated carbocycles. The van der Waals surface area contributed by atoms with Crippen LogP contribution in [0, 0.1) is 22.4 Å². The van der Waals surface area contributed by atoms with Gasteiger partial charge in [0.25, 0.3) is 5.69 Å². The minimum Gasteiger partial charge on any atom is -0.427 e. The molecule has 0 aromatic carbocycles. The van der Waals surface area contributed by atoms with Crippen molar-refractivity contribution in [1.29, 1.82) is 5.41 Å². The van der Waals surface area contributed by atoms with Gasteiger partial charge in [-0.15, -0.1) is 0 Å². The number of nitro groups is 1. The van der Waals surface area contributed by atoms with Crippen molar-refractivity contribution in [3.8, 4) is 0 Å². The zero-order valence-electron chi connectivity index (χ0n) is 6.31. The second-order valence-electron chi connectivity index (χ2n) is 2.33. The van der Waals surface area contributed by atoms with Crippen molar-refractivity contribution in [3.05, 3.63) is 33.4 Å². The minimum absolute atomic E-state index is 0.152. The maximum Gasteiger partial charge on any atom is 0.289 e. The van der Waals surface area contributed by atoms with Gasteiger partial charge in [0.2, 0.25) is 0 Å². The van der Waals surface area contributed by atoms with E-state index in [1.165, 1.54) is 13.0 Å². The van der Waals surface area contributed by atoms with Gasteiger partial charge < -0.3 is 5.21 Å². The van der Waals surface area contributed by atoms with Crippen LogP contribution in [0.2, 0.25) is 0 Å². The average molecular weight is 169 g/mol. The molecule has 0 fully saturated rings. The van der Waals surface area contributed by atoms with E-state index in [1.807, 2.05) is 0 Å². The van der Waals surface area contributed by atoms with E-state index in [1.54, 1.807) is 0 Å². The lowest BCUT2D eigenvalue weighted by Crippen LogP contribution is -2.19. The molecule has 6 nitrogen and oxygen atoms in total. The monoisotopic (exact) mass is 169 g/mol. The summed E-state index contributed by atoms with van der Waals surface area (Å²) in [6.07, 6.45) is 0.884. The second-order valence-corrected chi connectivity index (χ2v) is 2.33. The molecule has 0 radical (unpaired) electrons. The fourth-order valence-corrected chi connectivity index (χ4v) is 0.798. The number of nitrogens with zero attached hydrogens (tertiary/aromatic N) is 2. The first-order valence-corrected chi connectivity index (χ1v) is 3.14. The first-order valence-electron chi connectivity index (χ1n) is 3.14. The summed E-state index contributed by atoms with van der Waals surface area (Å²) in [7, 11) is 0. The zero-order valence-corrected chi connectivity index (χ0v) is 6.31. The fraction of sp³-hybridized carbons (Fsp3) is 0.167. The van der Waals surface area contributed by atoms with Gasteiger partial charge in [-0.05, 0) is 6.92 Å². The summed E-state index contributed by atoms with van der Waals surface area (Å²) in [4.78, 5) is 9.61. The number of hydrogen-bond acceptors (Lipinski definition) is 4. The molecule has 2 N–H and O–H groups in total. The molecule has 0 saturated heterocycles. The topological polar surface area (TPSA) is 92.2 Å². The van der Waals surface area contributed by atoms with Gasteiger partial charge in [-0.2, -0.15) is 4.73 Å². The molecule has 1 aromatic heterocycles. The van der Waals surface area contributed by atoms with Gasteiger partial charge in [0.1, 0.15) is 6.20 Å². The van der Waals surface area contributed by atoms with Gasteiger partial charge >= 0.3 is 0 Å². The van der Waals surface area contributed by atoms with Crippen molar-refractivity contribution in [1.82, 2.24) is 4.73 Å². The molecule has 0 spiro atoms. The Morgan fingerprint density at radius 2 is 2.33 bits per heavy atom. The van der Waals surface area contributed by atoms with Gasteiger partial charge in [-0.1, -0.05) is 0 Å². The molecule has 12 heavy (non-hydrogen) atoms. The first kappa shape index (κ1) is 8.25. The quantitative estimate of drug-likeness (QED) is 0.362. The maximum atomic E-state index is 10.2. The Balaban J connectivity index is 3.41. The molecule has 0 aliphatic carbocycles. The second kappa shape index (κ2) is 2.65. The zero-order chi connectivity index (χ0) is 9.30. The largest absolute Gasteiger partial charge is 0.427 e. The molecule has 1 aromatic rings. The Bertz CT molecular complexity index is 356. The SMILES string of the molecule is Cc1cc([N+](=O)[O-])cn(O)c1=N. The summed E-state index contributed by atoms with van der Waals surface area (Å²) < 4.78 is 0.424. The van der Waals surface area contributed by atoms with Gasteiger partial charge in [-0.25, -0.2) is 0 Å². The molecule has 64 valence electrons. The average Bonchev–Trinajstić information content (AvgIpc) is 1.99.